The largest absolute Gasteiger partial charge is 0.360 e. The van der Waals surface area contributed by atoms with Crippen molar-refractivity contribution in [3.8, 4) is 6.07 Å². The van der Waals surface area contributed by atoms with E-state index in [-0.39, 0.29) is 5.91 Å². The summed E-state index contributed by atoms with van der Waals surface area (Å²) in [5.74, 6) is 0.671. The second-order valence-electron chi connectivity index (χ2n) is 4.59. The van der Waals surface area contributed by atoms with Gasteiger partial charge in [0.2, 0.25) is 5.91 Å². The molecule has 2 aliphatic rings. The molecule has 0 aromatic heterocycles. The molecule has 1 N–H and O–H groups in total. The Labute approximate surface area is 112 Å². The molecule has 2 fully saturated rings. The number of amides is 1. The van der Waals surface area contributed by atoms with Gasteiger partial charge in [-0.15, -0.1) is 11.8 Å². The maximum atomic E-state index is 12.0. The van der Waals surface area contributed by atoms with Gasteiger partial charge in [-0.25, -0.2) is 0 Å². The third-order valence-corrected chi connectivity index (χ3v) is 4.65. The van der Waals surface area contributed by atoms with Gasteiger partial charge in [0.25, 0.3) is 0 Å². The van der Waals surface area contributed by atoms with Crippen LogP contribution in [0.2, 0.25) is 0 Å². The fourth-order valence-electron chi connectivity index (χ4n) is 2.20. The van der Waals surface area contributed by atoms with Crippen molar-refractivity contribution in [1.82, 2.24) is 10.2 Å². The van der Waals surface area contributed by atoms with Crippen LogP contribution in [0.3, 0.4) is 0 Å². The molecule has 0 saturated carbocycles. The molecular formula is C12H19N3O2S. The lowest BCUT2D eigenvalue weighted by molar-refractivity contribution is -0.134. The van der Waals surface area contributed by atoms with E-state index in [1.165, 1.54) is 0 Å². The summed E-state index contributed by atoms with van der Waals surface area (Å²) in [6.45, 7) is 3.62. The van der Waals surface area contributed by atoms with Gasteiger partial charge < -0.3 is 15.0 Å². The highest BCUT2D eigenvalue weighted by molar-refractivity contribution is 8.00. The van der Waals surface area contributed by atoms with Crippen LogP contribution in [0, 0.1) is 11.3 Å². The number of thioether (sulfide) groups is 1. The summed E-state index contributed by atoms with van der Waals surface area (Å²) in [7, 11) is 0. The Bertz CT molecular complexity index is 326. The maximum absolute atomic E-state index is 12.0. The second-order valence-corrected chi connectivity index (χ2v) is 5.88. The normalized spacial score (nSPS) is 25.7. The summed E-state index contributed by atoms with van der Waals surface area (Å²) in [6, 6.07) is 2.06. The standard InChI is InChI=1S/C12H19N3O2S/c13-7-10-8-15(5-6-17-10)12(16)9-18-11-1-3-14-4-2-11/h10-11,14H,1-6,8-9H2. The molecule has 2 aliphatic heterocycles. The van der Waals surface area contributed by atoms with Gasteiger partial charge >= 0.3 is 0 Å². The topological polar surface area (TPSA) is 65.4 Å². The van der Waals surface area contributed by atoms with E-state index in [0.717, 1.165) is 25.9 Å². The quantitative estimate of drug-likeness (QED) is 0.794. The van der Waals surface area contributed by atoms with E-state index in [9.17, 15) is 4.79 Å². The highest BCUT2D eigenvalue weighted by Gasteiger charge is 2.24. The first-order chi connectivity index (χ1) is 8.79. The number of carbonyl (C=O) groups excluding carboxylic acids is 1. The zero-order valence-electron chi connectivity index (χ0n) is 10.4. The van der Waals surface area contributed by atoms with E-state index in [1.807, 2.05) is 0 Å². The molecule has 18 heavy (non-hydrogen) atoms. The first kappa shape index (κ1) is 13.7. The van der Waals surface area contributed by atoms with Crippen molar-refractivity contribution >= 4 is 17.7 Å². The minimum Gasteiger partial charge on any atom is -0.360 e. The molecule has 1 unspecified atom stereocenters. The monoisotopic (exact) mass is 269 g/mol. The van der Waals surface area contributed by atoms with Gasteiger partial charge in [0, 0.05) is 11.8 Å². The van der Waals surface area contributed by atoms with Gasteiger partial charge in [0.15, 0.2) is 6.10 Å². The molecule has 0 aromatic rings. The first-order valence-electron chi connectivity index (χ1n) is 6.41. The number of hydrogen-bond acceptors (Lipinski definition) is 5. The van der Waals surface area contributed by atoms with Gasteiger partial charge in [-0.05, 0) is 25.9 Å². The van der Waals surface area contributed by atoms with Crippen LogP contribution >= 0.6 is 11.8 Å². The Morgan fingerprint density at radius 1 is 1.50 bits per heavy atom. The molecule has 0 aromatic carbocycles. The van der Waals surface area contributed by atoms with E-state index in [1.54, 1.807) is 16.7 Å². The third kappa shape index (κ3) is 3.87. The Morgan fingerprint density at radius 2 is 2.28 bits per heavy atom. The van der Waals surface area contributed by atoms with Gasteiger partial charge in [-0.3, -0.25) is 4.79 Å². The number of nitriles is 1. The second kappa shape index (κ2) is 6.98. The highest BCUT2D eigenvalue weighted by atomic mass is 32.2. The molecule has 6 heteroatoms. The average Bonchev–Trinajstić information content (AvgIpc) is 2.46. The van der Waals surface area contributed by atoms with E-state index in [0.29, 0.717) is 30.7 Å². The molecule has 0 bridgehead atoms. The van der Waals surface area contributed by atoms with Gasteiger partial charge in [-0.2, -0.15) is 5.26 Å². The van der Waals surface area contributed by atoms with Crippen molar-refractivity contribution in [3.63, 3.8) is 0 Å². The van der Waals surface area contributed by atoms with Crippen molar-refractivity contribution in [2.75, 3.05) is 38.5 Å². The Kier molecular flexibility index (Phi) is 5.29. The number of rotatable bonds is 3. The predicted octanol–water partition coefficient (Wildman–Crippen LogP) is 0.223. The smallest absolute Gasteiger partial charge is 0.232 e. The lowest BCUT2D eigenvalue weighted by Gasteiger charge is -2.30. The predicted molar refractivity (Wildman–Crippen MR) is 70.3 cm³/mol. The molecule has 1 amide bonds. The van der Waals surface area contributed by atoms with Crippen LogP contribution in [0.1, 0.15) is 12.8 Å². The average molecular weight is 269 g/mol. The number of carbonyl (C=O) groups is 1. The molecule has 2 heterocycles. The van der Waals surface area contributed by atoms with E-state index >= 15 is 0 Å². The van der Waals surface area contributed by atoms with Crippen molar-refractivity contribution in [2.45, 2.75) is 24.2 Å². The summed E-state index contributed by atoms with van der Waals surface area (Å²) < 4.78 is 5.23. The van der Waals surface area contributed by atoms with Gasteiger partial charge in [0.05, 0.1) is 25.0 Å². The Hall–Kier alpha value is -0.770. The number of morpholine rings is 1. The number of piperidine rings is 1. The summed E-state index contributed by atoms with van der Waals surface area (Å²) in [5, 5.41) is 12.7. The molecule has 100 valence electrons. The van der Waals surface area contributed by atoms with Crippen LogP contribution < -0.4 is 5.32 Å². The minimum atomic E-state index is -0.452. The van der Waals surface area contributed by atoms with Crippen molar-refractivity contribution in [2.24, 2.45) is 0 Å². The van der Waals surface area contributed by atoms with E-state index in [2.05, 4.69) is 11.4 Å². The van der Waals surface area contributed by atoms with Crippen molar-refractivity contribution < 1.29 is 9.53 Å². The summed E-state index contributed by atoms with van der Waals surface area (Å²) >= 11 is 1.75. The van der Waals surface area contributed by atoms with Crippen LogP contribution in [0.4, 0.5) is 0 Å². The van der Waals surface area contributed by atoms with Crippen LogP contribution in [-0.2, 0) is 9.53 Å². The molecule has 0 spiro atoms. The molecule has 1 atom stereocenters. The molecule has 0 aliphatic carbocycles. The Balaban J connectivity index is 1.72. The maximum Gasteiger partial charge on any atom is 0.232 e. The highest BCUT2D eigenvalue weighted by Crippen LogP contribution is 2.20. The van der Waals surface area contributed by atoms with Crippen LogP contribution in [-0.4, -0.2) is 60.7 Å². The number of hydrogen-bond donors (Lipinski definition) is 1. The fraction of sp³-hybridized carbons (Fsp3) is 0.833. The van der Waals surface area contributed by atoms with Crippen molar-refractivity contribution in [1.29, 1.82) is 5.26 Å². The van der Waals surface area contributed by atoms with Crippen molar-refractivity contribution in [3.05, 3.63) is 0 Å². The molecule has 0 radical (unpaired) electrons. The molecule has 2 rings (SSSR count). The zero-order valence-corrected chi connectivity index (χ0v) is 11.2. The first-order valence-corrected chi connectivity index (χ1v) is 7.46. The summed E-state index contributed by atoms with van der Waals surface area (Å²) in [6.07, 6.45) is 1.83. The number of nitrogens with one attached hydrogen (secondary N) is 1. The Morgan fingerprint density at radius 3 is 3.00 bits per heavy atom. The van der Waals surface area contributed by atoms with Gasteiger partial charge in [-0.1, -0.05) is 0 Å². The SMILES string of the molecule is N#CC1CN(C(=O)CSC2CCNCC2)CCO1. The van der Waals surface area contributed by atoms with E-state index in [4.69, 9.17) is 10.00 Å². The molecule has 5 nitrogen and oxygen atoms in total. The number of ether oxygens (including phenoxy) is 1. The zero-order chi connectivity index (χ0) is 12.8. The van der Waals surface area contributed by atoms with Gasteiger partial charge in [0.1, 0.15) is 0 Å². The fourth-order valence-corrected chi connectivity index (χ4v) is 3.33. The van der Waals surface area contributed by atoms with Crippen LogP contribution in [0.15, 0.2) is 0 Å². The number of nitrogens with zero attached hydrogens (tertiary/aromatic N) is 2. The van der Waals surface area contributed by atoms with Crippen LogP contribution in [0.25, 0.3) is 0 Å². The summed E-state index contributed by atoms with van der Waals surface area (Å²) in [4.78, 5) is 13.8. The van der Waals surface area contributed by atoms with E-state index < -0.39 is 6.10 Å². The lowest BCUT2D eigenvalue weighted by atomic mass is 10.2. The molecule has 2 saturated heterocycles. The van der Waals surface area contributed by atoms with Crippen LogP contribution in [0.5, 0.6) is 0 Å². The minimum absolute atomic E-state index is 0.141. The lowest BCUT2D eigenvalue weighted by Crippen LogP contribution is -2.46. The third-order valence-electron chi connectivity index (χ3n) is 3.29. The molecular weight excluding hydrogens is 250 g/mol. The summed E-state index contributed by atoms with van der Waals surface area (Å²) in [5.41, 5.74) is 0.